The summed E-state index contributed by atoms with van der Waals surface area (Å²) in [4.78, 5) is 19.5. The van der Waals surface area contributed by atoms with Gasteiger partial charge in [-0.3, -0.25) is 4.79 Å². The Balaban J connectivity index is 1.72. The van der Waals surface area contributed by atoms with Crippen LogP contribution < -0.4 is 0 Å². The first-order valence-corrected chi connectivity index (χ1v) is 14.3. The minimum atomic E-state index is -3.88. The van der Waals surface area contributed by atoms with Gasteiger partial charge in [0.25, 0.3) is 5.91 Å². The highest BCUT2D eigenvalue weighted by atomic mass is 35.5. The molecule has 1 aromatic heterocycles. The Morgan fingerprint density at radius 1 is 1.00 bits per heavy atom. The van der Waals surface area contributed by atoms with Crippen molar-refractivity contribution in [2.75, 3.05) is 6.54 Å². The third-order valence-corrected chi connectivity index (χ3v) is 7.76. The number of imidazole rings is 1. The van der Waals surface area contributed by atoms with Crippen molar-refractivity contribution in [2.45, 2.75) is 37.8 Å². The molecule has 0 fully saturated rings. The molecule has 0 N–H and O–H groups in total. The second-order valence-electron chi connectivity index (χ2n) is 9.58. The van der Waals surface area contributed by atoms with E-state index in [4.69, 9.17) is 11.6 Å². The highest BCUT2D eigenvalue weighted by Crippen LogP contribution is 2.22. The predicted molar refractivity (Wildman–Crippen MR) is 146 cm³/mol. The average molecular weight is 554 g/mol. The van der Waals surface area contributed by atoms with Crippen LogP contribution in [0.1, 0.15) is 41.0 Å². The maximum Gasteiger partial charge on any atom is 0.254 e. The molecular formula is C29H29ClFN3O3S. The third-order valence-electron chi connectivity index (χ3n) is 5.93. The van der Waals surface area contributed by atoms with Gasteiger partial charge in [0.05, 0.1) is 30.7 Å². The highest BCUT2D eigenvalue weighted by Gasteiger charge is 2.26. The number of hydrogen-bond acceptors (Lipinski definition) is 4. The van der Waals surface area contributed by atoms with Crippen LogP contribution in [0.15, 0.2) is 90.2 Å². The molecule has 0 aliphatic carbocycles. The zero-order valence-electron chi connectivity index (χ0n) is 21.2. The summed E-state index contributed by atoms with van der Waals surface area (Å²) in [6, 6.07) is 21.6. The molecule has 0 unspecified atom stereocenters. The lowest BCUT2D eigenvalue weighted by molar-refractivity contribution is 0.0718. The lowest BCUT2D eigenvalue weighted by Crippen LogP contribution is -2.34. The van der Waals surface area contributed by atoms with Crippen LogP contribution in [0.25, 0.3) is 0 Å². The molecule has 0 radical (unpaired) electrons. The van der Waals surface area contributed by atoms with E-state index < -0.39 is 15.7 Å². The zero-order valence-corrected chi connectivity index (χ0v) is 22.8. The van der Waals surface area contributed by atoms with E-state index in [1.165, 1.54) is 30.5 Å². The fraction of sp³-hybridized carbons (Fsp3) is 0.241. The van der Waals surface area contributed by atoms with Crippen molar-refractivity contribution in [3.8, 4) is 0 Å². The van der Waals surface area contributed by atoms with Crippen LogP contribution in [0.2, 0.25) is 5.02 Å². The van der Waals surface area contributed by atoms with E-state index >= 15 is 0 Å². The Kier molecular flexibility index (Phi) is 8.64. The molecule has 4 aromatic rings. The summed E-state index contributed by atoms with van der Waals surface area (Å²) < 4.78 is 42.0. The van der Waals surface area contributed by atoms with Gasteiger partial charge in [-0.25, -0.2) is 17.8 Å². The summed E-state index contributed by atoms with van der Waals surface area (Å²) in [6.45, 7) is 4.90. The Morgan fingerprint density at radius 2 is 1.71 bits per heavy atom. The average Bonchev–Trinajstić information content (AvgIpc) is 3.27. The summed E-state index contributed by atoms with van der Waals surface area (Å²) >= 11 is 6.13. The van der Waals surface area contributed by atoms with Gasteiger partial charge in [-0.05, 0) is 47.4 Å². The quantitative estimate of drug-likeness (QED) is 0.241. The van der Waals surface area contributed by atoms with E-state index in [9.17, 15) is 17.6 Å². The second-order valence-corrected chi connectivity index (χ2v) is 11.9. The van der Waals surface area contributed by atoms with E-state index in [0.717, 1.165) is 5.56 Å². The van der Waals surface area contributed by atoms with E-state index in [1.54, 1.807) is 33.7 Å². The molecule has 3 aromatic carbocycles. The van der Waals surface area contributed by atoms with E-state index in [-0.39, 0.29) is 35.8 Å². The summed E-state index contributed by atoms with van der Waals surface area (Å²) in [7, 11) is -3.88. The minimum absolute atomic E-state index is 0.0969. The molecule has 9 heteroatoms. The van der Waals surface area contributed by atoms with Gasteiger partial charge in [-0.1, -0.05) is 74.0 Å². The molecule has 6 nitrogen and oxygen atoms in total. The normalized spacial score (nSPS) is 11.6. The van der Waals surface area contributed by atoms with Crippen LogP contribution in [-0.4, -0.2) is 35.3 Å². The van der Waals surface area contributed by atoms with Gasteiger partial charge in [-0.15, -0.1) is 0 Å². The maximum atomic E-state index is 13.5. The van der Waals surface area contributed by atoms with Crippen LogP contribution in [0.5, 0.6) is 0 Å². The molecular weight excluding hydrogens is 525 g/mol. The maximum absolute atomic E-state index is 13.5. The topological polar surface area (TPSA) is 72.3 Å². The molecule has 1 amide bonds. The predicted octanol–water partition coefficient (Wildman–Crippen LogP) is 6.00. The molecule has 0 aliphatic rings. The standard InChI is InChI=1S/C29H29ClFN3O3S/c1-21(2)17-33(28(35)24-9-6-10-25(30)15-24)19-27-16-32-29(34(27)18-22-7-4-3-5-8-22)38(36,37)20-23-11-13-26(31)14-12-23/h3-16,21H,17-20H2,1-2H3. The van der Waals surface area contributed by atoms with Crippen molar-refractivity contribution in [2.24, 2.45) is 5.92 Å². The van der Waals surface area contributed by atoms with Crippen LogP contribution in [0.3, 0.4) is 0 Å². The zero-order chi connectivity index (χ0) is 27.3. The Morgan fingerprint density at radius 3 is 2.37 bits per heavy atom. The molecule has 1 heterocycles. The number of benzene rings is 3. The van der Waals surface area contributed by atoms with Crippen LogP contribution in [0.4, 0.5) is 4.39 Å². The number of amides is 1. The number of aromatic nitrogens is 2. The number of rotatable bonds is 10. The number of sulfone groups is 1. The third kappa shape index (κ3) is 6.88. The second kappa shape index (κ2) is 11.9. The van der Waals surface area contributed by atoms with Crippen molar-refractivity contribution >= 4 is 27.3 Å². The van der Waals surface area contributed by atoms with Gasteiger partial charge in [0, 0.05) is 17.1 Å². The van der Waals surface area contributed by atoms with Crippen molar-refractivity contribution < 1.29 is 17.6 Å². The van der Waals surface area contributed by atoms with Crippen molar-refractivity contribution in [1.29, 1.82) is 0 Å². The number of nitrogens with zero attached hydrogens (tertiary/aromatic N) is 3. The first-order valence-electron chi connectivity index (χ1n) is 12.2. The monoisotopic (exact) mass is 553 g/mol. The molecule has 0 aliphatic heterocycles. The van der Waals surface area contributed by atoms with Crippen LogP contribution in [0, 0.1) is 11.7 Å². The fourth-order valence-electron chi connectivity index (χ4n) is 4.23. The first kappa shape index (κ1) is 27.5. The van der Waals surface area contributed by atoms with Gasteiger partial charge < -0.3 is 9.47 Å². The minimum Gasteiger partial charge on any atom is -0.333 e. The van der Waals surface area contributed by atoms with Crippen molar-refractivity contribution in [1.82, 2.24) is 14.5 Å². The molecule has 0 saturated carbocycles. The lowest BCUT2D eigenvalue weighted by Gasteiger charge is -2.25. The fourth-order valence-corrected chi connectivity index (χ4v) is 5.91. The molecule has 0 saturated heterocycles. The molecule has 0 spiro atoms. The molecule has 0 atom stereocenters. The van der Waals surface area contributed by atoms with Gasteiger partial charge >= 0.3 is 0 Å². The van der Waals surface area contributed by atoms with Gasteiger partial charge in [0.1, 0.15) is 5.82 Å². The largest absolute Gasteiger partial charge is 0.333 e. The Labute approximate surface area is 227 Å². The summed E-state index contributed by atoms with van der Waals surface area (Å²) in [5.41, 5.74) is 2.39. The smallest absolute Gasteiger partial charge is 0.254 e. The summed E-state index contributed by atoms with van der Waals surface area (Å²) in [5.74, 6) is -0.793. The van der Waals surface area contributed by atoms with Crippen molar-refractivity contribution in [3.63, 3.8) is 0 Å². The SMILES string of the molecule is CC(C)CN(Cc1cnc(S(=O)(=O)Cc2ccc(F)cc2)n1Cc1ccccc1)C(=O)c1cccc(Cl)c1. The highest BCUT2D eigenvalue weighted by molar-refractivity contribution is 7.90. The summed E-state index contributed by atoms with van der Waals surface area (Å²) in [6.07, 6.45) is 1.51. The Bertz CT molecular complexity index is 1500. The van der Waals surface area contributed by atoms with Gasteiger partial charge in [0.15, 0.2) is 0 Å². The van der Waals surface area contributed by atoms with Gasteiger partial charge in [0.2, 0.25) is 15.0 Å². The lowest BCUT2D eigenvalue weighted by atomic mass is 10.1. The summed E-state index contributed by atoms with van der Waals surface area (Å²) in [5, 5.41) is 0.365. The molecule has 0 bridgehead atoms. The first-order chi connectivity index (χ1) is 18.1. The van der Waals surface area contributed by atoms with E-state index in [0.29, 0.717) is 28.4 Å². The molecule has 38 heavy (non-hydrogen) atoms. The van der Waals surface area contributed by atoms with Gasteiger partial charge in [-0.2, -0.15) is 0 Å². The van der Waals surface area contributed by atoms with E-state index in [1.807, 2.05) is 44.2 Å². The number of carbonyl (C=O) groups excluding carboxylic acids is 1. The number of hydrogen-bond donors (Lipinski definition) is 0. The van der Waals surface area contributed by atoms with Crippen LogP contribution in [-0.2, 0) is 28.7 Å². The molecule has 4 rings (SSSR count). The Hall–Kier alpha value is -3.49. The van der Waals surface area contributed by atoms with E-state index in [2.05, 4.69) is 4.98 Å². The molecule has 198 valence electrons. The van der Waals surface area contributed by atoms with Crippen molar-refractivity contribution in [3.05, 3.63) is 118 Å². The number of carbonyl (C=O) groups is 1. The number of halogens is 2. The van der Waals surface area contributed by atoms with Crippen LogP contribution >= 0.6 is 11.6 Å².